The van der Waals surface area contributed by atoms with Crippen molar-refractivity contribution < 1.29 is 19.1 Å². The molecule has 1 fully saturated rings. The number of nitrogens with zero attached hydrogens (tertiary/aromatic N) is 2. The van der Waals surface area contributed by atoms with Gasteiger partial charge in [-0.1, -0.05) is 55.0 Å². The van der Waals surface area contributed by atoms with E-state index in [9.17, 15) is 14.4 Å². The average Bonchev–Trinajstić information content (AvgIpc) is 3.13. The monoisotopic (exact) mass is 478 g/mol. The van der Waals surface area contributed by atoms with Crippen molar-refractivity contribution in [1.82, 2.24) is 10.2 Å². The van der Waals surface area contributed by atoms with E-state index in [-0.39, 0.29) is 54.8 Å². The summed E-state index contributed by atoms with van der Waals surface area (Å²) < 4.78 is 4.96. The maximum absolute atomic E-state index is 12.7. The molecule has 0 aromatic rings. The van der Waals surface area contributed by atoms with Crippen LogP contribution in [0.4, 0.5) is 0 Å². The molecular weight excluding hydrogens is 432 g/mol. The molecule has 0 aromatic heterocycles. The average molecular weight is 479 g/mol. The standard InChI is InChI=1S/C26H46N4O4/c1-10-26(9,25(7,8)22(24(4,5)6)30-16-11-12-20(30)32)23(27)29-14-13-19(31)28-15-17-34-21(33)18(2)3/h22H,2,10-17H2,1,3-9H3,(H2,27,29)(H,28,31). The Morgan fingerprint density at radius 2 is 1.85 bits per heavy atom. The van der Waals surface area contributed by atoms with Gasteiger partial charge in [0.1, 0.15) is 12.4 Å². The van der Waals surface area contributed by atoms with Gasteiger partial charge in [-0.25, -0.2) is 4.79 Å². The third-order valence-electron chi connectivity index (χ3n) is 7.25. The van der Waals surface area contributed by atoms with E-state index in [1.54, 1.807) is 6.92 Å². The van der Waals surface area contributed by atoms with E-state index >= 15 is 0 Å². The number of hydrogen-bond acceptors (Lipinski definition) is 5. The molecule has 0 aromatic carbocycles. The van der Waals surface area contributed by atoms with Crippen molar-refractivity contribution in [3.63, 3.8) is 0 Å². The lowest BCUT2D eigenvalue weighted by molar-refractivity contribution is -0.139. The molecule has 3 N–H and O–H groups in total. The number of amidine groups is 1. The largest absolute Gasteiger partial charge is 0.460 e. The van der Waals surface area contributed by atoms with Crippen LogP contribution in [0.2, 0.25) is 0 Å². The fourth-order valence-electron chi connectivity index (χ4n) is 5.15. The van der Waals surface area contributed by atoms with E-state index in [0.717, 1.165) is 19.4 Å². The zero-order chi connectivity index (χ0) is 26.3. The number of hydrogen-bond donors (Lipinski definition) is 2. The van der Waals surface area contributed by atoms with Gasteiger partial charge < -0.3 is 20.7 Å². The van der Waals surface area contributed by atoms with E-state index in [4.69, 9.17) is 10.5 Å². The van der Waals surface area contributed by atoms with Crippen molar-refractivity contribution in [3.8, 4) is 0 Å². The van der Waals surface area contributed by atoms with Crippen LogP contribution >= 0.6 is 0 Å². The molecule has 0 spiro atoms. The zero-order valence-electron chi connectivity index (χ0n) is 22.5. The van der Waals surface area contributed by atoms with Crippen LogP contribution in [0, 0.1) is 16.2 Å². The van der Waals surface area contributed by atoms with Gasteiger partial charge in [0.25, 0.3) is 0 Å². The molecule has 2 amide bonds. The molecule has 1 heterocycles. The maximum Gasteiger partial charge on any atom is 0.333 e. The predicted molar refractivity (Wildman–Crippen MR) is 136 cm³/mol. The molecule has 194 valence electrons. The van der Waals surface area contributed by atoms with Gasteiger partial charge in [0.05, 0.1) is 6.54 Å². The van der Waals surface area contributed by atoms with E-state index in [1.807, 2.05) is 4.90 Å². The second kappa shape index (κ2) is 11.8. The minimum atomic E-state index is -0.475. The van der Waals surface area contributed by atoms with Crippen LogP contribution < -0.4 is 11.1 Å². The summed E-state index contributed by atoms with van der Waals surface area (Å²) in [5.74, 6) is 0.0459. The number of likely N-dealkylation sites (tertiary alicyclic amines) is 1. The molecule has 2 atom stereocenters. The van der Waals surface area contributed by atoms with Crippen LogP contribution in [0.5, 0.6) is 0 Å². The first-order valence-electron chi connectivity index (χ1n) is 12.3. The summed E-state index contributed by atoms with van der Waals surface area (Å²) >= 11 is 0. The molecule has 1 aliphatic rings. The number of esters is 1. The molecule has 8 nitrogen and oxygen atoms in total. The summed E-state index contributed by atoms with van der Waals surface area (Å²) in [6, 6.07) is -0.0149. The highest BCUT2D eigenvalue weighted by Gasteiger charge is 2.54. The van der Waals surface area contributed by atoms with Crippen molar-refractivity contribution >= 4 is 23.6 Å². The molecular formula is C26H46N4O4. The molecule has 34 heavy (non-hydrogen) atoms. The quantitative estimate of drug-likeness (QED) is 0.147. The van der Waals surface area contributed by atoms with Gasteiger partial charge in [-0.15, -0.1) is 0 Å². The summed E-state index contributed by atoms with van der Waals surface area (Å²) in [6.07, 6.45) is 2.42. The Morgan fingerprint density at radius 1 is 1.24 bits per heavy atom. The number of nitrogens with one attached hydrogen (secondary N) is 1. The van der Waals surface area contributed by atoms with Gasteiger partial charge >= 0.3 is 5.97 Å². The van der Waals surface area contributed by atoms with Crippen LogP contribution in [0.3, 0.4) is 0 Å². The van der Waals surface area contributed by atoms with Crippen LogP contribution in [0.25, 0.3) is 0 Å². The minimum Gasteiger partial charge on any atom is -0.460 e. The molecule has 0 aliphatic carbocycles. The van der Waals surface area contributed by atoms with Crippen molar-refractivity contribution in [2.45, 2.75) is 87.1 Å². The Morgan fingerprint density at radius 3 is 2.32 bits per heavy atom. The second-order valence-electron chi connectivity index (χ2n) is 11.1. The topological polar surface area (TPSA) is 114 Å². The number of ether oxygens (including phenoxy) is 1. The number of carbonyl (C=O) groups is 3. The Labute approximate surface area is 205 Å². The smallest absolute Gasteiger partial charge is 0.333 e. The maximum atomic E-state index is 12.7. The fourth-order valence-corrected chi connectivity index (χ4v) is 5.15. The number of rotatable bonds is 12. The minimum absolute atomic E-state index is 0.0149. The summed E-state index contributed by atoms with van der Waals surface area (Å²) in [7, 11) is 0. The lowest BCUT2D eigenvalue weighted by Crippen LogP contribution is -2.61. The molecule has 1 aliphatic heterocycles. The van der Waals surface area contributed by atoms with Gasteiger partial charge in [0.15, 0.2) is 0 Å². The Balaban J connectivity index is 2.88. The molecule has 8 heteroatoms. The van der Waals surface area contributed by atoms with E-state index in [0.29, 0.717) is 17.8 Å². The van der Waals surface area contributed by atoms with Crippen molar-refractivity contribution in [2.75, 3.05) is 26.2 Å². The van der Waals surface area contributed by atoms with E-state index in [1.165, 1.54) is 0 Å². The van der Waals surface area contributed by atoms with Crippen molar-refractivity contribution in [2.24, 2.45) is 27.0 Å². The van der Waals surface area contributed by atoms with Crippen LogP contribution in [0.15, 0.2) is 17.1 Å². The summed E-state index contributed by atoms with van der Waals surface area (Å²) in [6.45, 7) is 21.5. The Bertz CT molecular complexity index is 797. The van der Waals surface area contributed by atoms with Gasteiger partial charge in [-0.05, 0) is 30.6 Å². The highest BCUT2D eigenvalue weighted by Crippen LogP contribution is 2.51. The van der Waals surface area contributed by atoms with Crippen LogP contribution in [-0.2, 0) is 19.1 Å². The first-order chi connectivity index (χ1) is 15.6. The van der Waals surface area contributed by atoms with Crippen LogP contribution in [0.1, 0.15) is 81.1 Å². The highest BCUT2D eigenvalue weighted by atomic mass is 16.5. The first-order valence-corrected chi connectivity index (χ1v) is 12.3. The lowest BCUT2D eigenvalue weighted by Gasteiger charge is -2.55. The highest BCUT2D eigenvalue weighted by molar-refractivity contribution is 5.88. The molecule has 2 unspecified atom stereocenters. The molecule has 0 saturated carbocycles. The number of nitrogens with two attached hydrogens (primary N) is 1. The fraction of sp³-hybridized carbons (Fsp3) is 0.769. The predicted octanol–water partition coefficient (Wildman–Crippen LogP) is 3.45. The number of aliphatic imine (C=N–C) groups is 1. The summed E-state index contributed by atoms with van der Waals surface area (Å²) in [5, 5.41) is 2.71. The summed E-state index contributed by atoms with van der Waals surface area (Å²) in [5.41, 5.74) is 5.93. The van der Waals surface area contributed by atoms with Gasteiger partial charge in [-0.3, -0.25) is 14.6 Å². The molecule has 1 rings (SSSR count). The Hall–Kier alpha value is -2.38. The SMILES string of the molecule is C=C(C)C(=O)OCCNC(=O)CCN=C(N)C(C)(CC)C(C)(C)C(N1CCCC1=O)C(C)(C)C. The third-order valence-corrected chi connectivity index (χ3v) is 7.25. The molecule has 0 bridgehead atoms. The zero-order valence-corrected chi connectivity index (χ0v) is 22.5. The van der Waals surface area contributed by atoms with Gasteiger partial charge in [-0.2, -0.15) is 0 Å². The summed E-state index contributed by atoms with van der Waals surface area (Å²) in [4.78, 5) is 42.8. The third kappa shape index (κ3) is 7.06. The number of carbonyl (C=O) groups excluding carboxylic acids is 3. The van der Waals surface area contributed by atoms with E-state index in [2.05, 4.69) is 65.4 Å². The second-order valence-corrected chi connectivity index (χ2v) is 11.1. The number of amides is 2. The van der Waals surface area contributed by atoms with Crippen LogP contribution in [-0.4, -0.2) is 60.8 Å². The van der Waals surface area contributed by atoms with E-state index < -0.39 is 11.4 Å². The molecule has 0 radical (unpaired) electrons. The first kappa shape index (κ1) is 29.7. The molecule has 1 saturated heterocycles. The van der Waals surface area contributed by atoms with Gasteiger partial charge in [0.2, 0.25) is 11.8 Å². The van der Waals surface area contributed by atoms with Crippen molar-refractivity contribution in [3.05, 3.63) is 12.2 Å². The Kier molecular flexibility index (Phi) is 10.3. The normalized spacial score (nSPS) is 17.8. The van der Waals surface area contributed by atoms with Crippen molar-refractivity contribution in [1.29, 1.82) is 0 Å². The van der Waals surface area contributed by atoms with Gasteiger partial charge in [0, 0.05) is 43.0 Å². The lowest BCUT2D eigenvalue weighted by atomic mass is 9.55.